The third-order valence-corrected chi connectivity index (χ3v) is 6.12. The Hall–Kier alpha value is -1.77. The quantitative estimate of drug-likeness (QED) is 0.232. The molecule has 16 heteroatoms. The van der Waals surface area contributed by atoms with E-state index in [9.17, 15) is 66.3 Å². The molecule has 33 heavy (non-hydrogen) atoms. The summed E-state index contributed by atoms with van der Waals surface area (Å²) in [6, 6.07) is 0. The number of fused-ring (bicyclic) bond motifs is 2. The molecule has 0 heterocycles. The van der Waals surface area contributed by atoms with Crippen LogP contribution in [0.15, 0.2) is 12.2 Å². The molecule has 1 saturated carbocycles. The third kappa shape index (κ3) is 3.74. The van der Waals surface area contributed by atoms with Crippen molar-refractivity contribution in [3.8, 4) is 0 Å². The van der Waals surface area contributed by atoms with Crippen molar-refractivity contribution in [2.45, 2.75) is 55.8 Å². The Kier molecular flexibility index (Phi) is 6.34. The molecule has 0 radical (unpaired) electrons. The predicted molar refractivity (Wildman–Crippen MR) is 79.8 cm³/mol. The molecule has 0 aromatic heterocycles. The molecular formula is C17H14F14O2. The van der Waals surface area contributed by atoms with E-state index in [-0.39, 0.29) is 12.3 Å². The zero-order valence-corrected chi connectivity index (χ0v) is 16.1. The number of carbonyl (C=O) groups is 1. The minimum atomic E-state index is -7.98. The smallest absolute Gasteiger partial charge is 0.435 e. The average molecular weight is 516 g/mol. The predicted octanol–water partition coefficient (Wildman–Crippen LogP) is 6.41. The van der Waals surface area contributed by atoms with Gasteiger partial charge in [0.05, 0.1) is 6.61 Å². The van der Waals surface area contributed by atoms with Crippen LogP contribution in [0.1, 0.15) is 19.8 Å². The summed E-state index contributed by atoms with van der Waals surface area (Å²) in [6.07, 6.45) is -18.8. The Morgan fingerprint density at radius 3 is 1.61 bits per heavy atom. The van der Waals surface area contributed by atoms with Crippen LogP contribution >= 0.6 is 0 Å². The van der Waals surface area contributed by atoms with E-state index < -0.39 is 72.8 Å². The molecule has 0 amide bonds. The molecule has 192 valence electrons. The Bertz CT molecular complexity index is 779. The molecule has 2 bridgehead atoms. The summed E-state index contributed by atoms with van der Waals surface area (Å²) < 4.78 is 192. The standard InChI is InChI=1S/C17H14F14O2/c1-11(15(23,24)25,16(26,27)28)14(21,22)13(20,17(29,30)31)12(18,19)10(32)33-6-9-5-7-2-3-8(9)4-7/h2-3,7-9H,4-6H2,1H3. The number of alkyl halides is 14. The zero-order chi connectivity index (χ0) is 26.1. The monoisotopic (exact) mass is 516 g/mol. The number of halogens is 14. The molecule has 0 N–H and O–H groups in total. The summed E-state index contributed by atoms with van der Waals surface area (Å²) in [7, 11) is 0. The largest absolute Gasteiger partial charge is 0.461 e. The minimum absolute atomic E-state index is 0.113. The lowest BCUT2D eigenvalue weighted by Gasteiger charge is -2.47. The van der Waals surface area contributed by atoms with Gasteiger partial charge in [0.15, 0.2) is 0 Å². The van der Waals surface area contributed by atoms with Crippen LogP contribution in [0, 0.1) is 23.2 Å². The Morgan fingerprint density at radius 2 is 1.27 bits per heavy atom. The molecular weight excluding hydrogens is 502 g/mol. The molecule has 2 aliphatic rings. The van der Waals surface area contributed by atoms with Crippen molar-refractivity contribution >= 4 is 5.97 Å². The summed E-state index contributed by atoms with van der Waals surface area (Å²) in [4.78, 5) is 11.6. The van der Waals surface area contributed by atoms with Gasteiger partial charge in [-0.2, -0.15) is 48.3 Å². The van der Waals surface area contributed by atoms with Gasteiger partial charge in [-0.25, -0.2) is 18.0 Å². The number of rotatable bonds is 6. The van der Waals surface area contributed by atoms with E-state index in [1.54, 1.807) is 6.08 Å². The van der Waals surface area contributed by atoms with Crippen molar-refractivity contribution in [1.29, 1.82) is 0 Å². The van der Waals surface area contributed by atoms with Crippen LogP contribution < -0.4 is 0 Å². The maximum absolute atomic E-state index is 14.6. The van der Waals surface area contributed by atoms with Crippen LogP contribution in [0.5, 0.6) is 0 Å². The molecule has 0 aromatic rings. The summed E-state index contributed by atoms with van der Waals surface area (Å²) in [5.74, 6) is -20.2. The van der Waals surface area contributed by atoms with E-state index >= 15 is 0 Å². The first-order valence-corrected chi connectivity index (χ1v) is 8.97. The van der Waals surface area contributed by atoms with Gasteiger partial charge in [0.2, 0.25) is 5.41 Å². The molecule has 0 aliphatic heterocycles. The molecule has 4 atom stereocenters. The summed E-state index contributed by atoms with van der Waals surface area (Å²) in [5.41, 5.74) is -14.9. The van der Waals surface area contributed by atoms with Gasteiger partial charge >= 0.3 is 42.0 Å². The maximum Gasteiger partial charge on any atom is 0.435 e. The molecule has 0 spiro atoms. The van der Waals surface area contributed by atoms with E-state index in [0.717, 1.165) is 0 Å². The number of ether oxygens (including phenoxy) is 1. The molecule has 0 aromatic carbocycles. The van der Waals surface area contributed by atoms with Crippen molar-refractivity contribution < 1.29 is 71.0 Å². The maximum atomic E-state index is 14.6. The highest BCUT2D eigenvalue weighted by molar-refractivity contribution is 5.80. The highest BCUT2D eigenvalue weighted by atomic mass is 19.4. The van der Waals surface area contributed by atoms with E-state index in [2.05, 4.69) is 4.74 Å². The van der Waals surface area contributed by atoms with Gasteiger partial charge < -0.3 is 4.74 Å². The zero-order valence-electron chi connectivity index (χ0n) is 16.1. The lowest BCUT2D eigenvalue weighted by molar-refractivity contribution is -0.452. The minimum Gasteiger partial charge on any atom is -0.461 e. The first-order chi connectivity index (χ1) is 14.5. The van der Waals surface area contributed by atoms with Crippen molar-refractivity contribution in [2.24, 2.45) is 23.2 Å². The van der Waals surface area contributed by atoms with Gasteiger partial charge in [-0.3, -0.25) is 0 Å². The normalized spacial score (nSPS) is 26.5. The van der Waals surface area contributed by atoms with Crippen LogP contribution in [-0.2, 0) is 9.53 Å². The van der Waals surface area contributed by atoms with Gasteiger partial charge in [0, 0.05) is 0 Å². The van der Waals surface area contributed by atoms with Crippen molar-refractivity contribution in [1.82, 2.24) is 0 Å². The number of hydrogen-bond acceptors (Lipinski definition) is 2. The number of esters is 1. The number of carbonyl (C=O) groups excluding carboxylic acids is 1. The van der Waals surface area contributed by atoms with Crippen LogP contribution in [0.25, 0.3) is 0 Å². The van der Waals surface area contributed by atoms with Crippen molar-refractivity contribution in [3.05, 3.63) is 12.2 Å². The second-order valence-electron chi connectivity index (χ2n) is 8.06. The van der Waals surface area contributed by atoms with Gasteiger partial charge in [-0.1, -0.05) is 12.2 Å². The van der Waals surface area contributed by atoms with Gasteiger partial charge in [-0.15, -0.1) is 0 Å². The fourth-order valence-electron chi connectivity index (χ4n) is 3.91. The number of allylic oxidation sites excluding steroid dienone is 2. The van der Waals surface area contributed by atoms with E-state index in [1.807, 2.05) is 0 Å². The second kappa shape index (κ2) is 7.62. The summed E-state index contributed by atoms with van der Waals surface area (Å²) in [5, 5.41) is 0. The number of hydrogen-bond donors (Lipinski definition) is 0. The first-order valence-electron chi connectivity index (χ1n) is 8.97. The second-order valence-corrected chi connectivity index (χ2v) is 8.06. The topological polar surface area (TPSA) is 26.3 Å². The van der Waals surface area contributed by atoms with E-state index in [4.69, 9.17) is 0 Å². The summed E-state index contributed by atoms with van der Waals surface area (Å²) in [6.45, 7) is -2.76. The lowest BCUT2D eigenvalue weighted by atomic mass is 9.71. The molecule has 2 aliphatic carbocycles. The van der Waals surface area contributed by atoms with Crippen LogP contribution in [-0.4, -0.2) is 48.6 Å². The first kappa shape index (κ1) is 27.5. The molecule has 0 saturated heterocycles. The Balaban J connectivity index is 2.52. The lowest BCUT2D eigenvalue weighted by Crippen LogP contribution is -2.77. The highest BCUT2D eigenvalue weighted by Gasteiger charge is 2.95. The van der Waals surface area contributed by atoms with Crippen LogP contribution in [0.2, 0.25) is 0 Å². The van der Waals surface area contributed by atoms with Crippen molar-refractivity contribution in [2.75, 3.05) is 6.61 Å². The molecule has 4 unspecified atom stereocenters. The Labute approximate surface area is 175 Å². The SMILES string of the molecule is CC(C(F)(F)F)(C(F)(F)F)C(F)(F)C(F)(C(F)(F)F)C(F)(F)C(=O)OCC1CC2C=CC1C2. The van der Waals surface area contributed by atoms with Crippen molar-refractivity contribution in [3.63, 3.8) is 0 Å². The molecule has 2 rings (SSSR count). The summed E-state index contributed by atoms with van der Waals surface area (Å²) >= 11 is 0. The average Bonchev–Trinajstić information content (AvgIpc) is 3.24. The fraction of sp³-hybridized carbons (Fsp3) is 0.824. The molecule has 2 nitrogen and oxygen atoms in total. The van der Waals surface area contributed by atoms with E-state index in [1.165, 1.54) is 6.08 Å². The van der Waals surface area contributed by atoms with Crippen LogP contribution in [0.4, 0.5) is 61.5 Å². The van der Waals surface area contributed by atoms with Gasteiger partial charge in [0.25, 0.3) is 0 Å². The van der Waals surface area contributed by atoms with Crippen LogP contribution in [0.3, 0.4) is 0 Å². The van der Waals surface area contributed by atoms with Gasteiger partial charge in [0.1, 0.15) is 0 Å². The third-order valence-electron chi connectivity index (χ3n) is 6.12. The van der Waals surface area contributed by atoms with Gasteiger partial charge in [-0.05, 0) is 37.5 Å². The fourth-order valence-corrected chi connectivity index (χ4v) is 3.91. The highest BCUT2D eigenvalue weighted by Crippen LogP contribution is 2.67. The molecule has 1 fully saturated rings. The Morgan fingerprint density at radius 1 is 0.788 bits per heavy atom. The van der Waals surface area contributed by atoms with E-state index in [0.29, 0.717) is 6.42 Å².